The Morgan fingerprint density at radius 2 is 1.54 bits per heavy atom. The molecule has 283 valence electrons. The van der Waals surface area contributed by atoms with Crippen molar-refractivity contribution >= 4 is 73.2 Å². The van der Waals surface area contributed by atoms with Gasteiger partial charge < -0.3 is 14.5 Å². The van der Waals surface area contributed by atoms with Gasteiger partial charge in [-0.1, -0.05) is 125 Å². The Hall–Kier alpha value is -3.87. The fourth-order valence-electron chi connectivity index (χ4n) is 7.39. The SMILES string of the molecule is CCC(CC)C(=O)/C=C(\O)C(CC)CC.Cc1[c-]c(-c2nccc3c(C)c(-c4ccc([Si](C)(C)C)cc4)sc23)c2oc3ccc4ccccc4c3c2c1.[Ir]. The van der Waals surface area contributed by atoms with Crippen LogP contribution in [-0.4, -0.2) is 23.9 Å². The van der Waals surface area contributed by atoms with Gasteiger partial charge in [-0.3, -0.25) is 4.79 Å². The molecule has 0 aliphatic rings. The summed E-state index contributed by atoms with van der Waals surface area (Å²) in [7, 11) is -1.34. The number of nitrogens with zero attached hydrogens (tertiary/aromatic N) is 1. The number of hydrogen-bond donors (Lipinski definition) is 1. The summed E-state index contributed by atoms with van der Waals surface area (Å²) in [5, 5.41) is 17.2. The van der Waals surface area contributed by atoms with Gasteiger partial charge in [-0.2, -0.15) is 0 Å². The molecular formula is C47H52IrNO3SSi-. The van der Waals surface area contributed by atoms with Gasteiger partial charge in [0.1, 0.15) is 5.58 Å². The number of rotatable bonds is 10. The van der Waals surface area contributed by atoms with E-state index in [1.54, 1.807) is 0 Å². The first-order valence-corrected chi connectivity index (χ1v) is 23.4. The van der Waals surface area contributed by atoms with Crippen LogP contribution in [0.3, 0.4) is 0 Å². The third kappa shape index (κ3) is 8.21. The van der Waals surface area contributed by atoms with Gasteiger partial charge in [-0.05, 0) is 72.0 Å². The molecule has 3 heterocycles. The van der Waals surface area contributed by atoms with Crippen LogP contribution in [0.2, 0.25) is 19.6 Å². The molecule has 0 aliphatic carbocycles. The molecular weight excluding hydrogens is 879 g/mol. The zero-order valence-electron chi connectivity index (χ0n) is 33.0. The minimum atomic E-state index is -1.34. The van der Waals surface area contributed by atoms with E-state index in [1.807, 2.05) is 45.2 Å². The maximum atomic E-state index is 11.7. The number of aryl methyl sites for hydroxylation is 2. The minimum absolute atomic E-state index is 0. The topological polar surface area (TPSA) is 63.3 Å². The molecule has 0 spiro atoms. The number of furan rings is 1. The molecule has 7 rings (SSSR count). The fraction of sp³-hybridized carbons (Fsp3) is 0.319. The summed E-state index contributed by atoms with van der Waals surface area (Å²) in [6, 6.07) is 29.9. The molecule has 1 radical (unpaired) electrons. The monoisotopic (exact) mass is 931 g/mol. The molecule has 1 N–H and O–H groups in total. The van der Waals surface area contributed by atoms with Crippen LogP contribution in [0, 0.1) is 31.7 Å². The molecule has 0 atom stereocenters. The molecule has 3 aromatic heterocycles. The zero-order chi connectivity index (χ0) is 38.0. The number of aromatic nitrogens is 1. The number of carbonyl (C=O) groups is 1. The first-order valence-electron chi connectivity index (χ1n) is 19.1. The molecule has 0 unspecified atom stereocenters. The van der Waals surface area contributed by atoms with Crippen molar-refractivity contribution in [3.8, 4) is 21.7 Å². The summed E-state index contributed by atoms with van der Waals surface area (Å²) in [4.78, 5) is 17.9. The molecule has 0 amide bonds. The molecule has 4 nitrogen and oxygen atoms in total. The van der Waals surface area contributed by atoms with E-state index in [2.05, 4.69) is 112 Å². The normalized spacial score (nSPS) is 12.2. The second-order valence-corrected chi connectivity index (χ2v) is 21.3. The number of carbonyl (C=O) groups excluding carboxylic acids is 1. The third-order valence-electron chi connectivity index (χ3n) is 10.7. The number of aliphatic hydroxyl groups is 1. The van der Waals surface area contributed by atoms with Crippen molar-refractivity contribution in [1.29, 1.82) is 0 Å². The van der Waals surface area contributed by atoms with Gasteiger partial charge in [-0.15, -0.1) is 29.0 Å². The van der Waals surface area contributed by atoms with Crippen LogP contribution in [0.4, 0.5) is 0 Å². The third-order valence-corrected chi connectivity index (χ3v) is 14.1. The van der Waals surface area contributed by atoms with E-state index in [4.69, 9.17) is 9.40 Å². The Bertz CT molecular complexity index is 2440. The van der Waals surface area contributed by atoms with Gasteiger partial charge >= 0.3 is 0 Å². The number of aliphatic hydroxyl groups excluding tert-OH is 1. The van der Waals surface area contributed by atoms with Gasteiger partial charge in [0.05, 0.1) is 19.4 Å². The van der Waals surface area contributed by atoms with Crippen LogP contribution < -0.4 is 5.19 Å². The fourth-order valence-corrected chi connectivity index (χ4v) is 9.86. The van der Waals surface area contributed by atoms with E-state index < -0.39 is 8.07 Å². The van der Waals surface area contributed by atoms with E-state index in [0.29, 0.717) is 0 Å². The summed E-state index contributed by atoms with van der Waals surface area (Å²) in [5.74, 6) is 0.547. The Morgan fingerprint density at radius 3 is 2.19 bits per heavy atom. The zero-order valence-corrected chi connectivity index (χ0v) is 37.2. The number of thiophene rings is 1. The first kappa shape index (κ1) is 41.3. The van der Waals surface area contributed by atoms with E-state index in [-0.39, 0.29) is 43.5 Å². The molecule has 0 fully saturated rings. The molecule has 7 heteroatoms. The van der Waals surface area contributed by atoms with Crippen molar-refractivity contribution in [1.82, 2.24) is 4.98 Å². The predicted molar refractivity (Wildman–Crippen MR) is 230 cm³/mol. The van der Waals surface area contributed by atoms with Crippen molar-refractivity contribution in [3.63, 3.8) is 0 Å². The Labute approximate surface area is 339 Å². The van der Waals surface area contributed by atoms with Crippen molar-refractivity contribution < 1.29 is 34.4 Å². The Kier molecular flexibility index (Phi) is 13.2. The summed E-state index contributed by atoms with van der Waals surface area (Å²) in [6.07, 6.45) is 6.83. The summed E-state index contributed by atoms with van der Waals surface area (Å²) in [5.41, 5.74) is 7.28. The van der Waals surface area contributed by atoms with E-state index in [1.165, 1.54) is 48.1 Å². The molecule has 0 bridgehead atoms. The molecule has 0 saturated heterocycles. The summed E-state index contributed by atoms with van der Waals surface area (Å²) < 4.78 is 7.74. The standard InChI is InChI=1S/C34H28NOSSi.C13H24O2.Ir/c1-20-18-27-30-26-9-7-6-8-22(26)12-15-29(30)36-32(27)28(19-20)31-34-25(16-17-35-31)21(2)33(37-34)23-10-13-24(14-11-23)38(3,4)5;1-5-10(6-2)12(14)9-13(15)11(7-3)8-4;/h6-18H,1-5H3;9-11,14H,5-8H2,1-4H3;/q-1;;/b;12-9-;. The average Bonchev–Trinajstić information content (AvgIpc) is 3.70. The average molecular weight is 931 g/mol. The van der Waals surface area contributed by atoms with Gasteiger partial charge in [0.15, 0.2) is 5.78 Å². The minimum Gasteiger partial charge on any atom is -0.512 e. The van der Waals surface area contributed by atoms with E-state index >= 15 is 0 Å². The van der Waals surface area contributed by atoms with E-state index in [9.17, 15) is 9.90 Å². The van der Waals surface area contributed by atoms with Crippen LogP contribution >= 0.6 is 11.3 Å². The number of allylic oxidation sites excluding steroid dienone is 2. The number of benzene rings is 4. The molecule has 0 aliphatic heterocycles. The number of ketones is 1. The van der Waals surface area contributed by atoms with Crippen molar-refractivity contribution in [2.75, 3.05) is 0 Å². The predicted octanol–water partition coefficient (Wildman–Crippen LogP) is 13.5. The first-order chi connectivity index (χ1) is 25.4. The van der Waals surface area contributed by atoms with E-state index in [0.717, 1.165) is 64.4 Å². The van der Waals surface area contributed by atoms with Crippen molar-refractivity contribution in [2.24, 2.45) is 11.8 Å². The maximum absolute atomic E-state index is 11.7. The molecule has 54 heavy (non-hydrogen) atoms. The number of hydrogen-bond acceptors (Lipinski definition) is 5. The smallest absolute Gasteiger partial charge is 0.162 e. The second-order valence-electron chi connectivity index (χ2n) is 15.3. The molecule has 7 aromatic rings. The van der Waals surface area contributed by atoms with Crippen LogP contribution in [0.5, 0.6) is 0 Å². The van der Waals surface area contributed by atoms with Crippen LogP contribution in [0.25, 0.3) is 64.5 Å². The largest absolute Gasteiger partial charge is 0.512 e. The van der Waals surface area contributed by atoms with Crippen LogP contribution in [0.1, 0.15) is 64.5 Å². The molecule has 4 aromatic carbocycles. The second kappa shape index (κ2) is 17.3. The van der Waals surface area contributed by atoms with Crippen molar-refractivity contribution in [2.45, 2.75) is 86.9 Å². The van der Waals surface area contributed by atoms with Gasteiger partial charge in [0.25, 0.3) is 0 Å². The number of fused-ring (bicyclic) bond motifs is 6. The van der Waals surface area contributed by atoms with Crippen LogP contribution in [-0.2, 0) is 24.9 Å². The van der Waals surface area contributed by atoms with Crippen LogP contribution in [0.15, 0.2) is 95.2 Å². The quantitative estimate of drug-likeness (QED) is 0.0642. The summed E-state index contributed by atoms with van der Waals surface area (Å²) in [6.45, 7) is 19.6. The Balaban J connectivity index is 0.000000301. The Morgan fingerprint density at radius 1 is 0.870 bits per heavy atom. The van der Waals surface area contributed by atoms with Gasteiger partial charge in [-0.25, -0.2) is 0 Å². The molecule has 0 saturated carbocycles. The van der Waals surface area contributed by atoms with Crippen molar-refractivity contribution in [3.05, 3.63) is 108 Å². The number of pyridine rings is 1. The summed E-state index contributed by atoms with van der Waals surface area (Å²) >= 11 is 1.82. The maximum Gasteiger partial charge on any atom is 0.162 e. The van der Waals surface area contributed by atoms with Gasteiger partial charge in [0, 0.05) is 64.9 Å². The van der Waals surface area contributed by atoms with Gasteiger partial charge in [0.2, 0.25) is 0 Å².